The number of pyridine rings is 1. The van der Waals surface area contributed by atoms with Gasteiger partial charge in [0.2, 0.25) is 11.7 Å². The first-order valence-electron chi connectivity index (χ1n) is 8.54. The Morgan fingerprint density at radius 2 is 2.04 bits per heavy atom. The molecule has 0 aliphatic carbocycles. The molecule has 2 aliphatic rings. The molecule has 2 aliphatic heterocycles. The Balaban J connectivity index is 1.47. The van der Waals surface area contributed by atoms with E-state index in [0.717, 1.165) is 57.1 Å². The Labute approximate surface area is 141 Å². The first-order chi connectivity index (χ1) is 11.8. The molecule has 2 fully saturated rings. The molecule has 0 saturated carbocycles. The van der Waals surface area contributed by atoms with Crippen molar-refractivity contribution >= 4 is 5.82 Å². The second-order valence-electron chi connectivity index (χ2n) is 6.36. The standard InChI is InChI=1S/C17H22N4O3/c1-12-10-13(4-7-23-12)17-19-16(20-24-17)14-2-3-15(18-11-14)21-5-8-22-9-6-21/h2-3,11-13H,4-10H2,1H3. The molecule has 2 aromatic heterocycles. The number of hydrogen-bond donors (Lipinski definition) is 0. The summed E-state index contributed by atoms with van der Waals surface area (Å²) in [5.41, 5.74) is 0.877. The molecule has 0 amide bonds. The van der Waals surface area contributed by atoms with Crippen molar-refractivity contribution in [1.82, 2.24) is 15.1 Å². The molecule has 0 spiro atoms. The lowest BCUT2D eigenvalue weighted by Gasteiger charge is -2.27. The molecule has 2 unspecified atom stereocenters. The van der Waals surface area contributed by atoms with E-state index in [-0.39, 0.29) is 12.0 Å². The second-order valence-corrected chi connectivity index (χ2v) is 6.36. The van der Waals surface area contributed by atoms with Crippen molar-refractivity contribution in [2.75, 3.05) is 37.8 Å². The van der Waals surface area contributed by atoms with E-state index in [2.05, 4.69) is 26.9 Å². The van der Waals surface area contributed by atoms with Crippen molar-refractivity contribution in [2.24, 2.45) is 0 Å². The van der Waals surface area contributed by atoms with Crippen LogP contribution in [0.15, 0.2) is 22.9 Å². The normalized spacial score (nSPS) is 25.0. The van der Waals surface area contributed by atoms with E-state index in [9.17, 15) is 0 Å². The summed E-state index contributed by atoms with van der Waals surface area (Å²) in [6.45, 7) is 6.08. The molecule has 0 bridgehead atoms. The third-order valence-corrected chi connectivity index (χ3v) is 4.62. The average Bonchev–Trinajstić information content (AvgIpc) is 3.13. The predicted molar refractivity (Wildman–Crippen MR) is 88.0 cm³/mol. The number of morpholine rings is 1. The van der Waals surface area contributed by atoms with Crippen molar-refractivity contribution in [3.63, 3.8) is 0 Å². The van der Waals surface area contributed by atoms with Gasteiger partial charge in [-0.2, -0.15) is 4.98 Å². The van der Waals surface area contributed by atoms with Gasteiger partial charge < -0.3 is 18.9 Å². The van der Waals surface area contributed by atoms with Crippen LogP contribution in [0.3, 0.4) is 0 Å². The summed E-state index contributed by atoms with van der Waals surface area (Å²) in [6.07, 6.45) is 3.91. The lowest BCUT2D eigenvalue weighted by molar-refractivity contribution is 0.0134. The van der Waals surface area contributed by atoms with Gasteiger partial charge in [-0.1, -0.05) is 5.16 Å². The number of anilines is 1. The first kappa shape index (κ1) is 15.5. The second kappa shape index (κ2) is 6.86. The highest BCUT2D eigenvalue weighted by molar-refractivity contribution is 5.56. The Kier molecular flexibility index (Phi) is 4.44. The maximum atomic E-state index is 5.58. The van der Waals surface area contributed by atoms with E-state index in [1.165, 1.54) is 0 Å². The Bertz CT molecular complexity index is 667. The smallest absolute Gasteiger partial charge is 0.230 e. The minimum absolute atomic E-state index is 0.244. The zero-order valence-corrected chi connectivity index (χ0v) is 13.9. The molecule has 4 heterocycles. The average molecular weight is 330 g/mol. The van der Waals surface area contributed by atoms with Gasteiger partial charge >= 0.3 is 0 Å². The Morgan fingerprint density at radius 3 is 2.79 bits per heavy atom. The Hall–Kier alpha value is -1.99. The van der Waals surface area contributed by atoms with E-state index in [1.54, 1.807) is 0 Å². The highest BCUT2D eigenvalue weighted by atomic mass is 16.5. The number of hydrogen-bond acceptors (Lipinski definition) is 7. The van der Waals surface area contributed by atoms with Crippen LogP contribution in [-0.2, 0) is 9.47 Å². The number of aromatic nitrogens is 3. The lowest BCUT2D eigenvalue weighted by atomic mass is 9.96. The van der Waals surface area contributed by atoms with Crippen LogP contribution in [0.1, 0.15) is 31.6 Å². The monoisotopic (exact) mass is 330 g/mol. The van der Waals surface area contributed by atoms with Gasteiger partial charge in [0.15, 0.2) is 0 Å². The van der Waals surface area contributed by atoms with Gasteiger partial charge in [-0.05, 0) is 31.9 Å². The fourth-order valence-electron chi connectivity index (χ4n) is 3.24. The zero-order chi connectivity index (χ0) is 16.4. The van der Waals surface area contributed by atoms with Crippen molar-refractivity contribution < 1.29 is 14.0 Å². The van der Waals surface area contributed by atoms with Crippen LogP contribution in [0.25, 0.3) is 11.4 Å². The molecule has 7 heteroatoms. The first-order valence-corrected chi connectivity index (χ1v) is 8.54. The molecule has 0 radical (unpaired) electrons. The topological polar surface area (TPSA) is 73.5 Å². The fourth-order valence-corrected chi connectivity index (χ4v) is 3.24. The molecule has 0 aromatic carbocycles. The van der Waals surface area contributed by atoms with Crippen molar-refractivity contribution in [3.05, 3.63) is 24.2 Å². The highest BCUT2D eigenvalue weighted by Crippen LogP contribution is 2.30. The summed E-state index contributed by atoms with van der Waals surface area (Å²) in [5, 5.41) is 4.13. The van der Waals surface area contributed by atoms with Crippen LogP contribution >= 0.6 is 0 Å². The molecule has 2 saturated heterocycles. The SMILES string of the molecule is CC1CC(c2nc(-c3ccc(N4CCOCC4)nc3)no2)CCO1. The molecular formula is C17H22N4O3. The van der Waals surface area contributed by atoms with Crippen LogP contribution in [0, 0.1) is 0 Å². The van der Waals surface area contributed by atoms with E-state index >= 15 is 0 Å². The van der Waals surface area contributed by atoms with Crippen LogP contribution in [0.4, 0.5) is 5.82 Å². The summed E-state index contributed by atoms with van der Waals surface area (Å²) in [7, 11) is 0. The number of nitrogens with zero attached hydrogens (tertiary/aromatic N) is 4. The fraction of sp³-hybridized carbons (Fsp3) is 0.588. The van der Waals surface area contributed by atoms with Gasteiger partial charge in [0.1, 0.15) is 5.82 Å². The predicted octanol–water partition coefficient (Wildman–Crippen LogP) is 2.25. The van der Waals surface area contributed by atoms with Gasteiger partial charge in [0, 0.05) is 37.4 Å². The van der Waals surface area contributed by atoms with Gasteiger partial charge in [-0.3, -0.25) is 0 Å². The van der Waals surface area contributed by atoms with Gasteiger partial charge in [0.05, 0.1) is 19.3 Å². The van der Waals surface area contributed by atoms with Crippen molar-refractivity contribution in [1.29, 1.82) is 0 Å². The van der Waals surface area contributed by atoms with Crippen molar-refractivity contribution in [3.8, 4) is 11.4 Å². The molecule has 7 nitrogen and oxygen atoms in total. The molecule has 4 rings (SSSR count). The van der Waals surface area contributed by atoms with E-state index < -0.39 is 0 Å². The summed E-state index contributed by atoms with van der Waals surface area (Å²) in [6, 6.07) is 4.01. The van der Waals surface area contributed by atoms with Crippen LogP contribution in [0.2, 0.25) is 0 Å². The zero-order valence-electron chi connectivity index (χ0n) is 13.9. The highest BCUT2D eigenvalue weighted by Gasteiger charge is 2.26. The minimum atomic E-state index is 0.244. The lowest BCUT2D eigenvalue weighted by Crippen LogP contribution is -2.36. The van der Waals surface area contributed by atoms with Crippen LogP contribution in [0.5, 0.6) is 0 Å². The number of rotatable bonds is 3. The molecule has 24 heavy (non-hydrogen) atoms. The molecular weight excluding hydrogens is 308 g/mol. The summed E-state index contributed by atoms with van der Waals surface area (Å²) in [4.78, 5) is 11.3. The molecule has 128 valence electrons. The minimum Gasteiger partial charge on any atom is -0.378 e. The van der Waals surface area contributed by atoms with Crippen molar-refractivity contribution in [2.45, 2.75) is 31.8 Å². The van der Waals surface area contributed by atoms with Crippen LogP contribution < -0.4 is 4.90 Å². The van der Waals surface area contributed by atoms with E-state index in [0.29, 0.717) is 11.7 Å². The molecule has 2 aromatic rings. The van der Waals surface area contributed by atoms with Gasteiger partial charge in [-0.15, -0.1) is 0 Å². The summed E-state index contributed by atoms with van der Waals surface area (Å²) < 4.78 is 16.4. The molecule has 0 N–H and O–H groups in total. The Morgan fingerprint density at radius 1 is 1.17 bits per heavy atom. The van der Waals surface area contributed by atoms with E-state index in [1.807, 2.05) is 18.3 Å². The summed E-state index contributed by atoms with van der Waals surface area (Å²) >= 11 is 0. The third kappa shape index (κ3) is 3.27. The van der Waals surface area contributed by atoms with E-state index in [4.69, 9.17) is 14.0 Å². The quantitative estimate of drug-likeness (QED) is 0.854. The van der Waals surface area contributed by atoms with Gasteiger partial charge in [0.25, 0.3) is 0 Å². The largest absolute Gasteiger partial charge is 0.378 e. The molecule has 2 atom stereocenters. The summed E-state index contributed by atoms with van der Waals surface area (Å²) in [5.74, 6) is 2.56. The van der Waals surface area contributed by atoms with Gasteiger partial charge in [-0.25, -0.2) is 4.98 Å². The maximum absolute atomic E-state index is 5.58. The third-order valence-electron chi connectivity index (χ3n) is 4.62. The van der Waals surface area contributed by atoms with Crippen LogP contribution in [-0.4, -0.2) is 54.1 Å². The maximum Gasteiger partial charge on any atom is 0.230 e. The number of ether oxygens (including phenoxy) is 2.